The van der Waals surface area contributed by atoms with Gasteiger partial charge in [-0.3, -0.25) is 0 Å². The van der Waals surface area contributed by atoms with Crippen LogP contribution in [-0.4, -0.2) is 55.6 Å². The van der Waals surface area contributed by atoms with Gasteiger partial charge >= 0.3 is 0 Å². The molecule has 1 saturated heterocycles. The Labute approximate surface area is 156 Å². The van der Waals surface area contributed by atoms with Crippen LogP contribution >= 0.6 is 24.0 Å². The van der Waals surface area contributed by atoms with Crippen LogP contribution in [0.15, 0.2) is 23.3 Å². The van der Waals surface area contributed by atoms with Gasteiger partial charge in [0.05, 0.1) is 6.54 Å². The summed E-state index contributed by atoms with van der Waals surface area (Å²) in [5.41, 5.74) is 6.91. The molecule has 0 radical (unpaired) electrons. The van der Waals surface area contributed by atoms with Gasteiger partial charge < -0.3 is 20.9 Å². The van der Waals surface area contributed by atoms with Crippen LogP contribution in [-0.2, 0) is 6.54 Å². The predicted molar refractivity (Wildman–Crippen MR) is 108 cm³/mol. The average Bonchev–Trinajstić information content (AvgIpc) is 2.52. The highest BCUT2D eigenvalue weighted by molar-refractivity contribution is 14.0. The molecule has 0 aliphatic carbocycles. The number of aliphatic imine (C=N–C) groups is 1. The third-order valence-electron chi connectivity index (χ3n) is 3.76. The predicted octanol–water partition coefficient (Wildman–Crippen LogP) is 1.51. The first-order valence-corrected chi connectivity index (χ1v) is 7.97. The van der Waals surface area contributed by atoms with Crippen molar-refractivity contribution in [2.75, 3.05) is 44.7 Å². The van der Waals surface area contributed by atoms with Crippen molar-refractivity contribution in [1.82, 2.24) is 15.2 Å². The molecule has 3 N–H and O–H groups in total. The maximum atomic E-state index is 5.84. The second kappa shape index (κ2) is 9.92. The summed E-state index contributed by atoms with van der Waals surface area (Å²) in [5, 5.41) is 3.11. The molecule has 7 heteroatoms. The number of piperazine rings is 1. The number of pyridine rings is 1. The minimum absolute atomic E-state index is 0. The van der Waals surface area contributed by atoms with E-state index in [-0.39, 0.29) is 24.0 Å². The van der Waals surface area contributed by atoms with Crippen molar-refractivity contribution >= 4 is 35.8 Å². The average molecular weight is 432 g/mol. The Hall–Kier alpha value is -1.09. The Morgan fingerprint density at radius 1 is 1.30 bits per heavy atom. The number of rotatable bonds is 5. The quantitative estimate of drug-likeness (QED) is 0.420. The molecule has 0 atom stereocenters. The van der Waals surface area contributed by atoms with E-state index in [1.165, 1.54) is 0 Å². The third kappa shape index (κ3) is 6.90. The number of hydrogen-bond acceptors (Lipinski definition) is 4. The molecule has 1 aromatic rings. The van der Waals surface area contributed by atoms with Crippen molar-refractivity contribution in [3.8, 4) is 0 Å². The van der Waals surface area contributed by atoms with Gasteiger partial charge in [0, 0.05) is 38.9 Å². The molecule has 0 aromatic carbocycles. The summed E-state index contributed by atoms with van der Waals surface area (Å²) < 4.78 is 0. The Kier molecular flexibility index (Phi) is 8.60. The van der Waals surface area contributed by atoms with E-state index in [9.17, 15) is 0 Å². The van der Waals surface area contributed by atoms with E-state index in [0.29, 0.717) is 18.4 Å². The Balaban J connectivity index is 0.00000264. The number of likely N-dealkylation sites (N-methyl/N-ethyl adjacent to an activating group) is 1. The maximum Gasteiger partial charge on any atom is 0.188 e. The number of guanidine groups is 1. The van der Waals surface area contributed by atoms with E-state index in [4.69, 9.17) is 5.73 Å². The van der Waals surface area contributed by atoms with Crippen LogP contribution < -0.4 is 16.0 Å². The number of nitrogens with one attached hydrogen (secondary N) is 1. The van der Waals surface area contributed by atoms with Crippen LogP contribution in [0.25, 0.3) is 0 Å². The van der Waals surface area contributed by atoms with Crippen molar-refractivity contribution in [3.05, 3.63) is 23.9 Å². The summed E-state index contributed by atoms with van der Waals surface area (Å²) in [7, 11) is 2.16. The molecule has 130 valence electrons. The fourth-order valence-corrected chi connectivity index (χ4v) is 2.27. The second-order valence-corrected chi connectivity index (χ2v) is 6.29. The van der Waals surface area contributed by atoms with Gasteiger partial charge in [-0.25, -0.2) is 9.98 Å². The topological polar surface area (TPSA) is 69.8 Å². The zero-order valence-corrected chi connectivity index (χ0v) is 16.7. The first-order valence-electron chi connectivity index (χ1n) is 7.97. The van der Waals surface area contributed by atoms with E-state index in [1.807, 2.05) is 6.20 Å². The standard InChI is InChI=1S/C16H28N6.HI/c1-13(2)10-19-16(17)20-12-14-4-5-15(18-11-14)22-8-6-21(3)7-9-22;/h4-5,11,13H,6-10,12H2,1-3H3,(H3,17,19,20);1H. The fourth-order valence-electron chi connectivity index (χ4n) is 2.27. The largest absolute Gasteiger partial charge is 0.370 e. The minimum atomic E-state index is 0. The van der Waals surface area contributed by atoms with Crippen LogP contribution in [0.5, 0.6) is 0 Å². The monoisotopic (exact) mass is 432 g/mol. The summed E-state index contributed by atoms with van der Waals surface area (Å²) in [4.78, 5) is 13.6. The van der Waals surface area contributed by atoms with Gasteiger partial charge in [-0.05, 0) is 24.6 Å². The smallest absolute Gasteiger partial charge is 0.188 e. The summed E-state index contributed by atoms with van der Waals surface area (Å²) in [5.74, 6) is 2.10. The van der Waals surface area contributed by atoms with Gasteiger partial charge in [-0.1, -0.05) is 19.9 Å². The molecule has 6 nitrogen and oxygen atoms in total. The lowest BCUT2D eigenvalue weighted by atomic mass is 10.2. The first kappa shape index (κ1) is 20.0. The van der Waals surface area contributed by atoms with Crippen LogP contribution in [0.2, 0.25) is 0 Å². The normalized spacial score (nSPS) is 16.3. The first-order chi connectivity index (χ1) is 10.5. The zero-order chi connectivity index (χ0) is 15.9. The lowest BCUT2D eigenvalue weighted by Gasteiger charge is -2.33. The minimum Gasteiger partial charge on any atom is -0.370 e. The molecule has 2 heterocycles. The molecule has 0 saturated carbocycles. The van der Waals surface area contributed by atoms with Crippen molar-refractivity contribution in [2.45, 2.75) is 20.4 Å². The van der Waals surface area contributed by atoms with E-state index in [0.717, 1.165) is 44.1 Å². The van der Waals surface area contributed by atoms with Crippen molar-refractivity contribution in [2.24, 2.45) is 16.6 Å². The number of hydrogen-bond donors (Lipinski definition) is 2. The summed E-state index contributed by atoms with van der Waals surface area (Å²) in [6.45, 7) is 9.93. The molecular formula is C16H29IN6. The summed E-state index contributed by atoms with van der Waals surface area (Å²) in [6, 6.07) is 4.16. The molecule has 1 fully saturated rings. The molecular weight excluding hydrogens is 403 g/mol. The van der Waals surface area contributed by atoms with Gasteiger partial charge in [0.15, 0.2) is 5.96 Å². The van der Waals surface area contributed by atoms with Crippen LogP contribution in [0.3, 0.4) is 0 Å². The maximum absolute atomic E-state index is 5.84. The fraction of sp³-hybridized carbons (Fsp3) is 0.625. The Morgan fingerprint density at radius 2 is 2.00 bits per heavy atom. The number of anilines is 1. The molecule has 0 bridgehead atoms. The van der Waals surface area contributed by atoms with E-state index in [1.54, 1.807) is 0 Å². The van der Waals surface area contributed by atoms with Gasteiger partial charge in [0.25, 0.3) is 0 Å². The molecule has 23 heavy (non-hydrogen) atoms. The number of nitrogens with two attached hydrogens (primary N) is 1. The van der Waals surface area contributed by atoms with E-state index in [2.05, 4.69) is 58.1 Å². The third-order valence-corrected chi connectivity index (χ3v) is 3.76. The van der Waals surface area contributed by atoms with Gasteiger partial charge in [0.2, 0.25) is 0 Å². The number of halogens is 1. The highest BCUT2D eigenvalue weighted by atomic mass is 127. The van der Waals surface area contributed by atoms with Crippen molar-refractivity contribution < 1.29 is 0 Å². The summed E-state index contributed by atoms with van der Waals surface area (Å²) >= 11 is 0. The van der Waals surface area contributed by atoms with Gasteiger partial charge in [0.1, 0.15) is 5.82 Å². The highest BCUT2D eigenvalue weighted by Crippen LogP contribution is 2.13. The summed E-state index contributed by atoms with van der Waals surface area (Å²) in [6.07, 6.45) is 1.90. The Morgan fingerprint density at radius 3 is 2.57 bits per heavy atom. The molecule has 1 aliphatic rings. The SMILES string of the molecule is CC(C)CNC(N)=NCc1ccc(N2CCN(C)CC2)nc1.I. The lowest BCUT2D eigenvalue weighted by Crippen LogP contribution is -2.44. The second-order valence-electron chi connectivity index (χ2n) is 6.29. The molecule has 0 amide bonds. The molecule has 0 unspecified atom stereocenters. The van der Waals surface area contributed by atoms with E-state index < -0.39 is 0 Å². The van der Waals surface area contributed by atoms with Crippen LogP contribution in [0.1, 0.15) is 19.4 Å². The molecule has 0 spiro atoms. The Bertz CT molecular complexity index is 480. The van der Waals surface area contributed by atoms with Crippen molar-refractivity contribution in [3.63, 3.8) is 0 Å². The molecule has 1 aliphatic heterocycles. The number of aromatic nitrogens is 1. The van der Waals surface area contributed by atoms with Crippen LogP contribution in [0.4, 0.5) is 5.82 Å². The van der Waals surface area contributed by atoms with Gasteiger partial charge in [-0.2, -0.15) is 0 Å². The molecule has 1 aromatic heterocycles. The van der Waals surface area contributed by atoms with Crippen LogP contribution in [0, 0.1) is 5.92 Å². The lowest BCUT2D eigenvalue weighted by molar-refractivity contribution is 0.312. The van der Waals surface area contributed by atoms with E-state index >= 15 is 0 Å². The van der Waals surface area contributed by atoms with Crippen molar-refractivity contribution in [1.29, 1.82) is 0 Å². The zero-order valence-electron chi connectivity index (χ0n) is 14.3. The van der Waals surface area contributed by atoms with Gasteiger partial charge in [-0.15, -0.1) is 24.0 Å². The number of nitrogens with zero attached hydrogens (tertiary/aromatic N) is 4. The molecule has 2 rings (SSSR count). The highest BCUT2D eigenvalue weighted by Gasteiger charge is 2.14.